The van der Waals surface area contributed by atoms with Crippen LogP contribution in [0.25, 0.3) is 0 Å². The molecule has 0 radical (unpaired) electrons. The molecule has 0 aliphatic carbocycles. The van der Waals surface area contributed by atoms with Gasteiger partial charge in [0.1, 0.15) is 5.69 Å². The molecule has 2 aliphatic heterocycles. The first kappa shape index (κ1) is 12.5. The minimum atomic E-state index is 0.203. The minimum absolute atomic E-state index is 0.203. The minimum Gasteiger partial charge on any atom is -0.464 e. The molecule has 0 amide bonds. The number of quaternary nitrogens is 1. The second kappa shape index (κ2) is 4.51. The molecule has 1 N–H and O–H groups in total. The number of rotatable bonds is 3. The Kier molecular flexibility index (Phi) is 2.96. The van der Waals surface area contributed by atoms with E-state index in [9.17, 15) is 0 Å². The average Bonchev–Trinajstić information content (AvgIpc) is 2.67. The number of benzene rings is 1. The van der Waals surface area contributed by atoms with Gasteiger partial charge in [0.25, 0.3) is 0 Å². The number of nitrogens with zero attached hydrogens (tertiary/aromatic N) is 1. The van der Waals surface area contributed by atoms with E-state index in [1.807, 2.05) is 0 Å². The van der Waals surface area contributed by atoms with Crippen molar-refractivity contribution in [3.63, 3.8) is 0 Å². The van der Waals surface area contributed by atoms with Crippen molar-refractivity contribution >= 4 is 5.69 Å². The van der Waals surface area contributed by atoms with Gasteiger partial charge in [0.05, 0.1) is 26.3 Å². The molecule has 2 heterocycles. The zero-order chi connectivity index (χ0) is 13.5. The first-order valence-electron chi connectivity index (χ1n) is 6.77. The maximum absolute atomic E-state index is 9.04. The molecular weight excluding hydrogens is 238 g/mol. The highest BCUT2D eigenvalue weighted by Crippen LogP contribution is 2.50. The standard InChI is InChI=1S/C16H20NO2/c1-17(2)14-7-4-3-6-12(14)13-9-11-19-15(16(13)17)8-5-10-18/h3-4,6-7,9,11,13,18H,5,8,10H2,1-2H3/q+1. The fraction of sp³-hybridized carbons (Fsp3) is 0.375. The van der Waals surface area contributed by atoms with Crippen LogP contribution in [0.3, 0.4) is 0 Å². The molecule has 19 heavy (non-hydrogen) atoms. The number of fused-ring (bicyclic) bond motifs is 3. The molecule has 0 aromatic heterocycles. The van der Waals surface area contributed by atoms with Crippen LogP contribution in [0.2, 0.25) is 0 Å². The Balaban J connectivity index is 2.11. The summed E-state index contributed by atoms with van der Waals surface area (Å²) in [7, 11) is 4.41. The molecular formula is C16H20NO2+. The SMILES string of the molecule is C[N+]1(C)C2=C(CCCO)OC=CC2c2ccccc21. The highest BCUT2D eigenvalue weighted by atomic mass is 16.5. The number of ether oxygens (including phenoxy) is 1. The van der Waals surface area contributed by atoms with Crippen molar-refractivity contribution in [1.29, 1.82) is 0 Å². The molecule has 0 saturated carbocycles. The van der Waals surface area contributed by atoms with Crippen molar-refractivity contribution in [2.75, 3.05) is 20.7 Å². The molecule has 3 nitrogen and oxygen atoms in total. The van der Waals surface area contributed by atoms with Crippen molar-refractivity contribution < 1.29 is 9.84 Å². The van der Waals surface area contributed by atoms with Crippen LogP contribution in [0.15, 0.2) is 48.1 Å². The van der Waals surface area contributed by atoms with Gasteiger partial charge in [-0.15, -0.1) is 0 Å². The molecule has 1 aromatic carbocycles. The summed E-state index contributed by atoms with van der Waals surface area (Å²) in [5.74, 6) is 1.33. The molecule has 1 unspecified atom stereocenters. The third-order valence-corrected chi connectivity index (χ3v) is 4.10. The summed E-state index contributed by atoms with van der Waals surface area (Å²) < 4.78 is 6.48. The van der Waals surface area contributed by atoms with Crippen LogP contribution in [0.1, 0.15) is 24.3 Å². The van der Waals surface area contributed by atoms with Crippen molar-refractivity contribution in [2.45, 2.75) is 18.8 Å². The summed E-state index contributed by atoms with van der Waals surface area (Å²) in [4.78, 5) is 0. The lowest BCUT2D eigenvalue weighted by atomic mass is 9.96. The number of para-hydroxylation sites is 1. The maximum atomic E-state index is 9.04. The van der Waals surface area contributed by atoms with Crippen LogP contribution in [-0.2, 0) is 4.74 Å². The molecule has 1 aromatic rings. The Hall–Kier alpha value is -1.58. The van der Waals surface area contributed by atoms with Crippen molar-refractivity contribution in [3.05, 3.63) is 53.6 Å². The van der Waals surface area contributed by atoms with Gasteiger partial charge in [-0.3, -0.25) is 4.48 Å². The summed E-state index contributed by atoms with van der Waals surface area (Å²) >= 11 is 0. The number of hydrogen-bond donors (Lipinski definition) is 1. The largest absolute Gasteiger partial charge is 0.464 e. The molecule has 100 valence electrons. The molecule has 0 saturated heterocycles. The quantitative estimate of drug-likeness (QED) is 0.845. The number of likely N-dealkylation sites (N-methyl/N-ethyl adjacent to an activating group) is 1. The summed E-state index contributed by atoms with van der Waals surface area (Å²) in [5, 5.41) is 9.04. The fourth-order valence-corrected chi connectivity index (χ4v) is 3.25. The zero-order valence-corrected chi connectivity index (χ0v) is 11.5. The van der Waals surface area contributed by atoms with Crippen LogP contribution in [0, 0.1) is 0 Å². The lowest BCUT2D eigenvalue weighted by Crippen LogP contribution is -2.38. The van der Waals surface area contributed by atoms with Gasteiger partial charge in [0.15, 0.2) is 11.5 Å². The van der Waals surface area contributed by atoms with E-state index in [1.54, 1.807) is 6.26 Å². The highest BCUT2D eigenvalue weighted by Gasteiger charge is 2.46. The normalized spacial score (nSPS) is 23.0. The Morgan fingerprint density at radius 1 is 1.26 bits per heavy atom. The average molecular weight is 258 g/mol. The molecule has 0 bridgehead atoms. The monoisotopic (exact) mass is 258 g/mol. The predicted molar refractivity (Wildman–Crippen MR) is 76.4 cm³/mol. The summed E-state index contributed by atoms with van der Waals surface area (Å²) in [6.45, 7) is 0.203. The second-order valence-corrected chi connectivity index (χ2v) is 5.57. The molecule has 0 fully saturated rings. The molecule has 3 heteroatoms. The van der Waals surface area contributed by atoms with E-state index < -0.39 is 0 Å². The van der Waals surface area contributed by atoms with Gasteiger partial charge in [0, 0.05) is 18.6 Å². The lowest BCUT2D eigenvalue weighted by Gasteiger charge is -2.29. The topological polar surface area (TPSA) is 29.5 Å². The van der Waals surface area contributed by atoms with Gasteiger partial charge in [-0.1, -0.05) is 18.2 Å². The van der Waals surface area contributed by atoms with E-state index in [2.05, 4.69) is 44.4 Å². The molecule has 0 spiro atoms. The van der Waals surface area contributed by atoms with Crippen LogP contribution in [-0.4, -0.2) is 25.8 Å². The summed E-state index contributed by atoms with van der Waals surface area (Å²) in [6.07, 6.45) is 5.46. The Morgan fingerprint density at radius 2 is 2.05 bits per heavy atom. The number of allylic oxidation sites excluding steroid dienone is 2. The van der Waals surface area contributed by atoms with Crippen LogP contribution >= 0.6 is 0 Å². The second-order valence-electron chi connectivity index (χ2n) is 5.57. The van der Waals surface area contributed by atoms with Crippen LogP contribution in [0.4, 0.5) is 5.69 Å². The first-order valence-corrected chi connectivity index (χ1v) is 6.77. The Labute approximate surface area is 114 Å². The lowest BCUT2D eigenvalue weighted by molar-refractivity contribution is 0.254. The highest BCUT2D eigenvalue weighted by molar-refractivity contribution is 5.65. The number of aliphatic hydroxyl groups excluding tert-OH is 1. The predicted octanol–water partition coefficient (Wildman–Crippen LogP) is 2.88. The van der Waals surface area contributed by atoms with Gasteiger partial charge in [0.2, 0.25) is 0 Å². The van der Waals surface area contributed by atoms with Gasteiger partial charge in [-0.05, 0) is 18.6 Å². The van der Waals surface area contributed by atoms with Crippen LogP contribution < -0.4 is 4.48 Å². The third kappa shape index (κ3) is 1.81. The van der Waals surface area contributed by atoms with Crippen molar-refractivity contribution in [1.82, 2.24) is 4.48 Å². The van der Waals surface area contributed by atoms with Crippen LogP contribution in [0.5, 0.6) is 0 Å². The summed E-state index contributed by atoms with van der Waals surface area (Å²) in [6, 6.07) is 8.58. The van der Waals surface area contributed by atoms with Gasteiger partial charge in [-0.25, -0.2) is 0 Å². The summed E-state index contributed by atoms with van der Waals surface area (Å²) in [5.41, 5.74) is 4.00. The molecule has 1 atom stereocenters. The third-order valence-electron chi connectivity index (χ3n) is 4.10. The van der Waals surface area contributed by atoms with Crippen molar-refractivity contribution in [2.24, 2.45) is 0 Å². The van der Waals surface area contributed by atoms with Gasteiger partial charge >= 0.3 is 0 Å². The first-order chi connectivity index (χ1) is 9.16. The molecule has 3 rings (SSSR count). The Bertz CT molecular complexity index is 558. The van der Waals surface area contributed by atoms with Gasteiger partial charge in [-0.2, -0.15) is 0 Å². The van der Waals surface area contributed by atoms with E-state index in [0.29, 0.717) is 5.92 Å². The zero-order valence-electron chi connectivity index (χ0n) is 11.5. The Morgan fingerprint density at radius 3 is 2.84 bits per heavy atom. The van der Waals surface area contributed by atoms with E-state index in [1.165, 1.54) is 16.9 Å². The maximum Gasteiger partial charge on any atom is 0.164 e. The van der Waals surface area contributed by atoms with E-state index in [4.69, 9.17) is 9.84 Å². The number of aliphatic hydroxyl groups is 1. The number of hydrogen-bond acceptors (Lipinski definition) is 2. The van der Waals surface area contributed by atoms with Gasteiger partial charge < -0.3 is 9.84 Å². The van der Waals surface area contributed by atoms with E-state index >= 15 is 0 Å². The fourth-order valence-electron chi connectivity index (χ4n) is 3.25. The van der Waals surface area contributed by atoms with E-state index in [-0.39, 0.29) is 6.61 Å². The van der Waals surface area contributed by atoms with Crippen molar-refractivity contribution in [3.8, 4) is 0 Å². The smallest absolute Gasteiger partial charge is 0.164 e. The molecule has 2 aliphatic rings. The van der Waals surface area contributed by atoms with E-state index in [0.717, 1.165) is 23.1 Å².